The predicted octanol–water partition coefficient (Wildman–Crippen LogP) is 3.54. The number of carbonyl (C=O) groups excluding carboxylic acids is 1. The van der Waals surface area contributed by atoms with Crippen LogP contribution in [-0.4, -0.2) is 33.1 Å². The summed E-state index contributed by atoms with van der Waals surface area (Å²) in [5.41, 5.74) is 2.27. The summed E-state index contributed by atoms with van der Waals surface area (Å²) < 4.78 is 10.7. The lowest BCUT2D eigenvalue weighted by atomic mass is 10.1. The minimum Gasteiger partial charge on any atom is -0.438 e. The lowest BCUT2D eigenvalue weighted by molar-refractivity contribution is -0.115. The average molecular weight is 402 g/mol. The molecule has 4 aromatic rings. The maximum absolute atomic E-state index is 12.1. The van der Waals surface area contributed by atoms with E-state index in [0.717, 1.165) is 11.1 Å². The number of rotatable bonds is 7. The summed E-state index contributed by atoms with van der Waals surface area (Å²) in [4.78, 5) is 25.0. The molecule has 0 unspecified atom stereocenters. The third-order valence-electron chi connectivity index (χ3n) is 4.13. The van der Waals surface area contributed by atoms with Crippen molar-refractivity contribution in [2.45, 2.75) is 6.42 Å². The van der Waals surface area contributed by atoms with Crippen molar-refractivity contribution in [1.82, 2.24) is 20.1 Å². The molecule has 150 valence electrons. The van der Waals surface area contributed by atoms with Gasteiger partial charge in [-0.25, -0.2) is 15.0 Å². The van der Waals surface area contributed by atoms with Crippen LogP contribution in [0, 0.1) is 0 Å². The maximum atomic E-state index is 12.1. The molecule has 9 nitrogen and oxygen atoms in total. The molecule has 0 radical (unpaired) electrons. The van der Waals surface area contributed by atoms with Gasteiger partial charge in [-0.1, -0.05) is 17.3 Å². The summed E-state index contributed by atoms with van der Waals surface area (Å²) in [5.74, 6) is 1.73. The van der Waals surface area contributed by atoms with Crippen LogP contribution in [-0.2, 0) is 11.2 Å². The molecule has 3 aromatic heterocycles. The topological polar surface area (TPSA) is 115 Å². The van der Waals surface area contributed by atoms with E-state index in [1.165, 1.54) is 6.26 Å². The molecule has 1 amide bonds. The molecule has 2 N–H and O–H groups in total. The molecule has 1 aromatic carbocycles. The van der Waals surface area contributed by atoms with Crippen molar-refractivity contribution >= 4 is 17.7 Å². The number of nitrogens with one attached hydrogen (secondary N) is 2. The molecule has 0 atom stereocenters. The highest BCUT2D eigenvalue weighted by molar-refractivity contribution is 5.91. The maximum Gasteiger partial charge on any atom is 0.230 e. The van der Waals surface area contributed by atoms with Crippen molar-refractivity contribution in [3.05, 3.63) is 72.8 Å². The van der Waals surface area contributed by atoms with Crippen LogP contribution in [0.5, 0.6) is 11.6 Å². The first kappa shape index (κ1) is 19.1. The summed E-state index contributed by atoms with van der Waals surface area (Å²) >= 11 is 0. The van der Waals surface area contributed by atoms with Crippen molar-refractivity contribution in [1.29, 1.82) is 0 Å². The molecule has 0 aliphatic heterocycles. The van der Waals surface area contributed by atoms with Gasteiger partial charge in [0.1, 0.15) is 12.0 Å². The van der Waals surface area contributed by atoms with Gasteiger partial charge < -0.3 is 19.9 Å². The van der Waals surface area contributed by atoms with Gasteiger partial charge in [-0.3, -0.25) is 4.79 Å². The first-order valence-electron chi connectivity index (χ1n) is 9.14. The van der Waals surface area contributed by atoms with Gasteiger partial charge >= 0.3 is 0 Å². The molecule has 0 fully saturated rings. The summed E-state index contributed by atoms with van der Waals surface area (Å²) in [6, 6.07) is 14.3. The molecule has 4 rings (SSSR count). The number of benzene rings is 1. The SMILES string of the molecule is CNc1nccc(-c2cccnc2Oc2ccc(CC(=O)Nc3ccon3)cc2)n1. The Labute approximate surface area is 172 Å². The van der Waals surface area contributed by atoms with Crippen LogP contribution in [0.2, 0.25) is 0 Å². The van der Waals surface area contributed by atoms with E-state index in [-0.39, 0.29) is 12.3 Å². The van der Waals surface area contributed by atoms with Crippen LogP contribution in [0.25, 0.3) is 11.3 Å². The Hall–Kier alpha value is -4.27. The zero-order valence-electron chi connectivity index (χ0n) is 16.1. The number of ether oxygens (including phenoxy) is 1. The summed E-state index contributed by atoms with van der Waals surface area (Å²) in [6.07, 6.45) is 4.93. The zero-order chi connectivity index (χ0) is 20.8. The standard InChI is InChI=1S/C21H18N6O3/c1-22-21-24-11-8-17(25-21)16-3-2-10-23-20(16)30-15-6-4-14(5-7-15)13-19(28)26-18-9-12-29-27-18/h2-12H,13H2,1H3,(H,22,24,25)(H,26,27,28). The summed E-state index contributed by atoms with van der Waals surface area (Å²) in [5, 5.41) is 9.23. The Bertz CT molecular complexity index is 1130. The van der Waals surface area contributed by atoms with Crippen molar-refractivity contribution in [2.24, 2.45) is 0 Å². The van der Waals surface area contributed by atoms with Gasteiger partial charge in [0.2, 0.25) is 17.7 Å². The van der Waals surface area contributed by atoms with Gasteiger partial charge in [0.15, 0.2) is 5.82 Å². The molecule has 9 heteroatoms. The fraction of sp³-hybridized carbons (Fsp3) is 0.0952. The van der Waals surface area contributed by atoms with Gasteiger partial charge in [-0.2, -0.15) is 0 Å². The Morgan fingerprint density at radius 1 is 1.07 bits per heavy atom. The number of amides is 1. The highest BCUT2D eigenvalue weighted by Gasteiger charge is 2.11. The van der Waals surface area contributed by atoms with Crippen LogP contribution in [0.15, 0.2) is 71.7 Å². The second-order valence-electron chi connectivity index (χ2n) is 6.23. The van der Waals surface area contributed by atoms with E-state index >= 15 is 0 Å². The monoisotopic (exact) mass is 402 g/mol. The molecule has 3 heterocycles. The first-order chi connectivity index (χ1) is 14.7. The molecule has 0 saturated heterocycles. The van der Waals surface area contributed by atoms with Crippen LogP contribution in [0.1, 0.15) is 5.56 Å². The Morgan fingerprint density at radius 2 is 1.93 bits per heavy atom. The molecule has 0 aliphatic carbocycles. The molecule has 0 bridgehead atoms. The second kappa shape index (κ2) is 8.82. The number of pyridine rings is 1. The number of carbonyl (C=O) groups is 1. The van der Waals surface area contributed by atoms with E-state index in [9.17, 15) is 4.79 Å². The minimum atomic E-state index is -0.186. The summed E-state index contributed by atoms with van der Waals surface area (Å²) in [7, 11) is 1.76. The fourth-order valence-electron chi connectivity index (χ4n) is 2.73. The number of aromatic nitrogens is 4. The van der Waals surface area contributed by atoms with Gasteiger partial charge in [-0.05, 0) is 35.9 Å². The largest absolute Gasteiger partial charge is 0.438 e. The van der Waals surface area contributed by atoms with E-state index < -0.39 is 0 Å². The highest BCUT2D eigenvalue weighted by atomic mass is 16.5. The predicted molar refractivity (Wildman–Crippen MR) is 110 cm³/mol. The van der Waals surface area contributed by atoms with Crippen LogP contribution in [0.3, 0.4) is 0 Å². The van der Waals surface area contributed by atoms with Gasteiger partial charge in [0, 0.05) is 25.5 Å². The lowest BCUT2D eigenvalue weighted by Gasteiger charge is -2.10. The van der Waals surface area contributed by atoms with Crippen LogP contribution < -0.4 is 15.4 Å². The Morgan fingerprint density at radius 3 is 2.70 bits per heavy atom. The van der Waals surface area contributed by atoms with E-state index in [1.54, 1.807) is 43.7 Å². The van der Waals surface area contributed by atoms with Gasteiger partial charge in [-0.15, -0.1) is 0 Å². The molecule has 0 saturated carbocycles. The fourth-order valence-corrected chi connectivity index (χ4v) is 2.73. The highest BCUT2D eigenvalue weighted by Crippen LogP contribution is 2.30. The van der Waals surface area contributed by atoms with Crippen molar-refractivity contribution in [2.75, 3.05) is 17.7 Å². The van der Waals surface area contributed by atoms with Crippen molar-refractivity contribution in [3.8, 4) is 22.9 Å². The molecule has 30 heavy (non-hydrogen) atoms. The van der Waals surface area contributed by atoms with Crippen molar-refractivity contribution < 1.29 is 14.1 Å². The molecule has 0 spiro atoms. The minimum absolute atomic E-state index is 0.186. The number of hydrogen-bond acceptors (Lipinski definition) is 8. The van der Waals surface area contributed by atoms with Crippen LogP contribution in [0.4, 0.5) is 11.8 Å². The number of hydrogen-bond donors (Lipinski definition) is 2. The summed E-state index contributed by atoms with van der Waals surface area (Å²) in [6.45, 7) is 0. The van der Waals surface area contributed by atoms with Gasteiger partial charge in [0.25, 0.3) is 0 Å². The second-order valence-corrected chi connectivity index (χ2v) is 6.23. The number of nitrogens with zero attached hydrogens (tertiary/aromatic N) is 4. The van der Waals surface area contributed by atoms with Crippen LogP contribution >= 0.6 is 0 Å². The first-order valence-corrected chi connectivity index (χ1v) is 9.14. The lowest BCUT2D eigenvalue weighted by Crippen LogP contribution is -2.14. The third kappa shape index (κ3) is 4.58. The quantitative estimate of drug-likeness (QED) is 0.482. The smallest absolute Gasteiger partial charge is 0.230 e. The molecule has 0 aliphatic rings. The van der Waals surface area contributed by atoms with E-state index in [1.807, 2.05) is 24.3 Å². The van der Waals surface area contributed by atoms with E-state index in [2.05, 4.69) is 30.7 Å². The van der Waals surface area contributed by atoms with E-state index in [0.29, 0.717) is 29.1 Å². The normalized spacial score (nSPS) is 10.4. The Balaban J connectivity index is 1.47. The van der Waals surface area contributed by atoms with Gasteiger partial charge in [0.05, 0.1) is 17.7 Å². The van der Waals surface area contributed by atoms with E-state index in [4.69, 9.17) is 9.26 Å². The Kier molecular flexibility index (Phi) is 5.61. The molecular weight excluding hydrogens is 384 g/mol. The zero-order valence-corrected chi connectivity index (χ0v) is 16.1. The third-order valence-corrected chi connectivity index (χ3v) is 4.13. The molecular formula is C21H18N6O3. The van der Waals surface area contributed by atoms with Crippen molar-refractivity contribution in [3.63, 3.8) is 0 Å². The average Bonchev–Trinajstić information content (AvgIpc) is 3.28. The number of anilines is 2.